The highest BCUT2D eigenvalue weighted by molar-refractivity contribution is 6.31. The van der Waals surface area contributed by atoms with Gasteiger partial charge in [-0.25, -0.2) is 0 Å². The van der Waals surface area contributed by atoms with E-state index < -0.39 is 0 Å². The van der Waals surface area contributed by atoms with Crippen molar-refractivity contribution in [3.63, 3.8) is 0 Å². The zero-order valence-electron chi connectivity index (χ0n) is 10.2. The van der Waals surface area contributed by atoms with Crippen molar-refractivity contribution in [1.29, 1.82) is 0 Å². The summed E-state index contributed by atoms with van der Waals surface area (Å²) in [5.41, 5.74) is 2.03. The Kier molecular flexibility index (Phi) is 5.00. The third kappa shape index (κ3) is 3.08. The summed E-state index contributed by atoms with van der Waals surface area (Å²) in [4.78, 5) is 10.9. The Morgan fingerprint density at radius 2 is 2.12 bits per heavy atom. The zero-order valence-corrected chi connectivity index (χ0v) is 11.0. The van der Waals surface area contributed by atoms with Crippen molar-refractivity contribution in [2.24, 2.45) is 0 Å². The minimum atomic E-state index is 0.231. The molecule has 1 aromatic heterocycles. The molecule has 0 spiro atoms. The molecular formula is C12H19ClN2O. The summed E-state index contributed by atoms with van der Waals surface area (Å²) in [6.07, 6.45) is 3.15. The monoisotopic (exact) mass is 242 g/mol. The fourth-order valence-corrected chi connectivity index (χ4v) is 2.12. The third-order valence-corrected chi connectivity index (χ3v) is 3.07. The Morgan fingerprint density at radius 1 is 1.44 bits per heavy atom. The van der Waals surface area contributed by atoms with Gasteiger partial charge in [0.25, 0.3) is 0 Å². The first-order chi connectivity index (χ1) is 7.60. The second-order valence-electron chi connectivity index (χ2n) is 3.93. The standard InChI is InChI=1S/C12H19ClN2O/c1-4-10-12(13)11(15(5-2)14-10)8-6-7-9(3)16/h4-8H2,1-3H3. The Bertz CT molecular complexity index is 371. The van der Waals surface area contributed by atoms with Crippen molar-refractivity contribution in [1.82, 2.24) is 9.78 Å². The van der Waals surface area contributed by atoms with Gasteiger partial charge in [0.15, 0.2) is 0 Å². The molecule has 3 nitrogen and oxygen atoms in total. The van der Waals surface area contributed by atoms with Crippen LogP contribution in [0.15, 0.2) is 0 Å². The van der Waals surface area contributed by atoms with E-state index in [2.05, 4.69) is 12.0 Å². The van der Waals surface area contributed by atoms with E-state index in [4.69, 9.17) is 11.6 Å². The van der Waals surface area contributed by atoms with E-state index in [0.717, 1.165) is 42.2 Å². The molecule has 0 aliphatic heterocycles. The quantitative estimate of drug-likeness (QED) is 0.769. The minimum Gasteiger partial charge on any atom is -0.300 e. The van der Waals surface area contributed by atoms with Crippen LogP contribution in [0.4, 0.5) is 0 Å². The lowest BCUT2D eigenvalue weighted by atomic mass is 10.1. The molecule has 16 heavy (non-hydrogen) atoms. The molecule has 0 radical (unpaired) electrons. The Balaban J connectivity index is 2.76. The topological polar surface area (TPSA) is 34.9 Å². The molecule has 0 fully saturated rings. The van der Waals surface area contributed by atoms with Crippen LogP contribution in [0.3, 0.4) is 0 Å². The van der Waals surface area contributed by atoms with Crippen LogP contribution in [0.25, 0.3) is 0 Å². The molecule has 90 valence electrons. The average Bonchev–Trinajstić information content (AvgIpc) is 2.55. The molecule has 4 heteroatoms. The lowest BCUT2D eigenvalue weighted by Crippen LogP contribution is -2.04. The number of Topliss-reactive ketones (excluding diaryl/α,β-unsaturated/α-hetero) is 1. The van der Waals surface area contributed by atoms with Gasteiger partial charge in [-0.15, -0.1) is 0 Å². The van der Waals surface area contributed by atoms with Crippen molar-refractivity contribution >= 4 is 17.4 Å². The molecule has 0 N–H and O–H groups in total. The molecule has 0 bridgehead atoms. The van der Waals surface area contributed by atoms with Crippen LogP contribution in [0.1, 0.15) is 45.0 Å². The molecule has 1 aromatic rings. The number of hydrogen-bond acceptors (Lipinski definition) is 2. The number of hydrogen-bond donors (Lipinski definition) is 0. The number of carbonyl (C=O) groups is 1. The first-order valence-electron chi connectivity index (χ1n) is 5.83. The largest absolute Gasteiger partial charge is 0.300 e. The molecule has 0 unspecified atom stereocenters. The number of halogens is 1. The predicted molar refractivity (Wildman–Crippen MR) is 65.9 cm³/mol. The maximum atomic E-state index is 10.9. The van der Waals surface area contributed by atoms with Crippen molar-refractivity contribution < 1.29 is 4.79 Å². The van der Waals surface area contributed by atoms with Crippen LogP contribution in [-0.2, 0) is 24.2 Å². The fraction of sp³-hybridized carbons (Fsp3) is 0.667. The van der Waals surface area contributed by atoms with Gasteiger partial charge in [-0.1, -0.05) is 18.5 Å². The van der Waals surface area contributed by atoms with Gasteiger partial charge in [-0.3, -0.25) is 4.68 Å². The van der Waals surface area contributed by atoms with Crippen LogP contribution in [-0.4, -0.2) is 15.6 Å². The van der Waals surface area contributed by atoms with Crippen LogP contribution in [0.5, 0.6) is 0 Å². The third-order valence-electron chi connectivity index (χ3n) is 2.64. The van der Waals surface area contributed by atoms with E-state index in [-0.39, 0.29) is 5.78 Å². The van der Waals surface area contributed by atoms with Crippen molar-refractivity contribution in [2.45, 2.75) is 53.0 Å². The maximum absolute atomic E-state index is 10.9. The molecule has 0 amide bonds. The van der Waals surface area contributed by atoms with Crippen LogP contribution < -0.4 is 0 Å². The SMILES string of the molecule is CCc1nn(CC)c(CCCC(C)=O)c1Cl. The second-order valence-corrected chi connectivity index (χ2v) is 4.31. The molecule has 0 aliphatic rings. The summed E-state index contributed by atoms with van der Waals surface area (Å²) < 4.78 is 1.95. The van der Waals surface area contributed by atoms with Gasteiger partial charge in [0.2, 0.25) is 0 Å². The molecule has 0 atom stereocenters. The van der Waals surface area contributed by atoms with Gasteiger partial charge in [-0.05, 0) is 33.1 Å². The van der Waals surface area contributed by atoms with E-state index in [9.17, 15) is 4.79 Å². The van der Waals surface area contributed by atoms with Gasteiger partial charge in [0, 0.05) is 13.0 Å². The van der Waals surface area contributed by atoms with Crippen LogP contribution >= 0.6 is 11.6 Å². The Morgan fingerprint density at radius 3 is 2.62 bits per heavy atom. The van der Waals surface area contributed by atoms with E-state index in [1.165, 1.54) is 0 Å². The summed E-state index contributed by atoms with van der Waals surface area (Å²) >= 11 is 6.26. The summed E-state index contributed by atoms with van der Waals surface area (Å²) in [6, 6.07) is 0. The van der Waals surface area contributed by atoms with Crippen molar-refractivity contribution in [2.75, 3.05) is 0 Å². The highest BCUT2D eigenvalue weighted by Crippen LogP contribution is 2.23. The van der Waals surface area contributed by atoms with Crippen LogP contribution in [0, 0.1) is 0 Å². The number of rotatable bonds is 6. The van der Waals surface area contributed by atoms with Gasteiger partial charge in [0.05, 0.1) is 16.4 Å². The normalized spacial score (nSPS) is 10.8. The highest BCUT2D eigenvalue weighted by Gasteiger charge is 2.13. The van der Waals surface area contributed by atoms with Crippen LogP contribution in [0.2, 0.25) is 5.02 Å². The van der Waals surface area contributed by atoms with Crippen molar-refractivity contribution in [3.8, 4) is 0 Å². The first-order valence-corrected chi connectivity index (χ1v) is 6.21. The fourth-order valence-electron chi connectivity index (χ4n) is 1.76. The maximum Gasteiger partial charge on any atom is 0.129 e. The van der Waals surface area contributed by atoms with Gasteiger partial charge in [-0.2, -0.15) is 5.10 Å². The summed E-state index contributed by atoms with van der Waals surface area (Å²) in [5, 5.41) is 5.23. The number of nitrogens with zero attached hydrogens (tertiary/aromatic N) is 2. The second kappa shape index (κ2) is 6.04. The summed E-state index contributed by atoms with van der Waals surface area (Å²) in [5.74, 6) is 0.231. The molecule has 0 aromatic carbocycles. The number of carbonyl (C=O) groups excluding carboxylic acids is 1. The lowest BCUT2D eigenvalue weighted by Gasteiger charge is -2.04. The summed E-state index contributed by atoms with van der Waals surface area (Å²) in [7, 11) is 0. The van der Waals surface area contributed by atoms with Crippen molar-refractivity contribution in [3.05, 3.63) is 16.4 Å². The first kappa shape index (κ1) is 13.2. The number of aromatic nitrogens is 2. The average molecular weight is 243 g/mol. The number of ketones is 1. The summed E-state index contributed by atoms with van der Waals surface area (Å²) in [6.45, 7) is 6.55. The minimum absolute atomic E-state index is 0.231. The molecular weight excluding hydrogens is 224 g/mol. The van der Waals surface area contributed by atoms with E-state index in [1.54, 1.807) is 6.92 Å². The van der Waals surface area contributed by atoms with Gasteiger partial charge < -0.3 is 4.79 Å². The van der Waals surface area contributed by atoms with E-state index in [1.807, 2.05) is 11.6 Å². The molecule has 0 aliphatic carbocycles. The molecule has 0 saturated carbocycles. The predicted octanol–water partition coefficient (Wildman–Crippen LogP) is 3.03. The van der Waals surface area contributed by atoms with Gasteiger partial charge >= 0.3 is 0 Å². The smallest absolute Gasteiger partial charge is 0.129 e. The molecule has 0 saturated heterocycles. The molecule has 1 rings (SSSR count). The van der Waals surface area contributed by atoms with Gasteiger partial charge in [0.1, 0.15) is 5.78 Å². The Labute approximate surface area is 102 Å². The molecule has 1 heterocycles. The lowest BCUT2D eigenvalue weighted by molar-refractivity contribution is -0.117. The Hall–Kier alpha value is -0.830. The van der Waals surface area contributed by atoms with E-state index in [0.29, 0.717) is 6.42 Å². The number of aryl methyl sites for hydroxylation is 2. The van der Waals surface area contributed by atoms with E-state index >= 15 is 0 Å². The zero-order chi connectivity index (χ0) is 12.1. The highest BCUT2D eigenvalue weighted by atomic mass is 35.5.